The van der Waals surface area contributed by atoms with Gasteiger partial charge in [-0.3, -0.25) is 9.48 Å². The molecule has 170 valence electrons. The molecule has 2 aromatic heterocycles. The van der Waals surface area contributed by atoms with Gasteiger partial charge in [-0.05, 0) is 50.7 Å². The highest BCUT2D eigenvalue weighted by Gasteiger charge is 2.30. The van der Waals surface area contributed by atoms with Crippen LogP contribution in [0.2, 0.25) is 0 Å². The number of hydrogen-bond donors (Lipinski definition) is 1. The maximum absolute atomic E-state index is 13.3. The van der Waals surface area contributed by atoms with Crippen LogP contribution in [-0.4, -0.2) is 28.3 Å². The van der Waals surface area contributed by atoms with E-state index in [1.807, 2.05) is 6.92 Å². The summed E-state index contributed by atoms with van der Waals surface area (Å²) in [4.78, 5) is 26.4. The predicted octanol–water partition coefficient (Wildman–Crippen LogP) is 5.47. The smallest absolute Gasteiger partial charge is 0.341 e. The van der Waals surface area contributed by atoms with Crippen molar-refractivity contribution in [2.75, 3.05) is 11.9 Å². The molecule has 0 aliphatic heterocycles. The third-order valence-electron chi connectivity index (χ3n) is 5.03. The standard InChI is InChI=1S/C20H23F4N3O3S/c1-3-8-30-20(29)15-11-6-4-5-7-14(11)31-19(15)25-18(28)10(2)27-13(17(23)24)9-12(26-27)16(21)22/h9-10,16-17H,3-8H2,1-2H3,(H,25,28). The lowest BCUT2D eigenvalue weighted by Gasteiger charge is -2.16. The maximum atomic E-state index is 13.3. The summed E-state index contributed by atoms with van der Waals surface area (Å²) in [6.07, 6.45) is -2.17. The van der Waals surface area contributed by atoms with Gasteiger partial charge in [-0.2, -0.15) is 5.10 Å². The van der Waals surface area contributed by atoms with Crippen LogP contribution in [0, 0.1) is 0 Å². The zero-order chi connectivity index (χ0) is 22.7. The van der Waals surface area contributed by atoms with Crippen LogP contribution in [0.5, 0.6) is 0 Å². The van der Waals surface area contributed by atoms with Gasteiger partial charge in [0, 0.05) is 4.88 Å². The van der Waals surface area contributed by atoms with Crippen LogP contribution < -0.4 is 5.32 Å². The number of nitrogens with zero attached hydrogens (tertiary/aromatic N) is 2. The summed E-state index contributed by atoms with van der Waals surface area (Å²) in [6, 6.07) is -0.702. The van der Waals surface area contributed by atoms with Crippen molar-refractivity contribution in [3.05, 3.63) is 33.5 Å². The summed E-state index contributed by atoms with van der Waals surface area (Å²) >= 11 is 1.25. The molecule has 1 atom stereocenters. The number of esters is 1. The number of ether oxygens (including phenoxy) is 1. The van der Waals surface area contributed by atoms with E-state index in [0.717, 1.165) is 29.7 Å². The number of carbonyl (C=O) groups is 2. The predicted molar refractivity (Wildman–Crippen MR) is 107 cm³/mol. The van der Waals surface area contributed by atoms with Gasteiger partial charge in [0.2, 0.25) is 5.91 Å². The number of anilines is 1. The molecule has 3 rings (SSSR count). The van der Waals surface area contributed by atoms with Crippen molar-refractivity contribution in [2.45, 2.75) is 64.8 Å². The Morgan fingerprint density at radius 2 is 1.94 bits per heavy atom. The van der Waals surface area contributed by atoms with Gasteiger partial charge in [0.05, 0.1) is 12.2 Å². The molecule has 1 unspecified atom stereocenters. The fourth-order valence-electron chi connectivity index (χ4n) is 3.47. The number of halogens is 4. The van der Waals surface area contributed by atoms with E-state index in [0.29, 0.717) is 23.6 Å². The van der Waals surface area contributed by atoms with E-state index in [1.165, 1.54) is 18.3 Å². The van der Waals surface area contributed by atoms with Crippen molar-refractivity contribution in [1.29, 1.82) is 0 Å². The Labute approximate surface area is 180 Å². The van der Waals surface area contributed by atoms with Gasteiger partial charge in [0.1, 0.15) is 22.4 Å². The fourth-order valence-corrected chi connectivity index (χ4v) is 4.75. The number of aromatic nitrogens is 2. The molecule has 0 bridgehead atoms. The van der Waals surface area contributed by atoms with Crippen molar-refractivity contribution in [1.82, 2.24) is 9.78 Å². The molecule has 0 radical (unpaired) electrons. The number of amides is 1. The minimum atomic E-state index is -3.08. The topological polar surface area (TPSA) is 73.2 Å². The highest BCUT2D eigenvalue weighted by Crippen LogP contribution is 2.39. The maximum Gasteiger partial charge on any atom is 0.341 e. The number of nitrogens with one attached hydrogen (secondary N) is 1. The molecule has 11 heteroatoms. The average Bonchev–Trinajstić information content (AvgIpc) is 3.33. The molecule has 6 nitrogen and oxygen atoms in total. The Kier molecular flexibility index (Phi) is 7.34. The largest absolute Gasteiger partial charge is 0.462 e. The average molecular weight is 461 g/mol. The van der Waals surface area contributed by atoms with Gasteiger partial charge in [0.15, 0.2) is 0 Å². The number of hydrogen-bond acceptors (Lipinski definition) is 5. The number of aryl methyl sites for hydroxylation is 1. The van der Waals surface area contributed by atoms with Crippen LogP contribution in [0.15, 0.2) is 6.07 Å². The molecule has 0 spiro atoms. The Hall–Kier alpha value is -2.43. The minimum Gasteiger partial charge on any atom is -0.462 e. The number of thiophene rings is 1. The summed E-state index contributed by atoms with van der Waals surface area (Å²) < 4.78 is 58.3. The van der Waals surface area contributed by atoms with Gasteiger partial charge in [0.25, 0.3) is 12.9 Å². The second-order valence-electron chi connectivity index (χ2n) is 7.26. The van der Waals surface area contributed by atoms with Crippen molar-refractivity contribution in [3.63, 3.8) is 0 Å². The molecule has 0 saturated heterocycles. The molecule has 0 aromatic carbocycles. The molecule has 1 amide bonds. The van der Waals surface area contributed by atoms with Crippen molar-refractivity contribution in [3.8, 4) is 0 Å². The van der Waals surface area contributed by atoms with Crippen molar-refractivity contribution in [2.24, 2.45) is 0 Å². The number of alkyl halides is 4. The molecule has 1 N–H and O–H groups in total. The molecule has 1 aliphatic rings. The van der Waals surface area contributed by atoms with E-state index in [1.54, 1.807) is 0 Å². The Bertz CT molecular complexity index is 958. The summed E-state index contributed by atoms with van der Waals surface area (Å²) in [5.41, 5.74) is -0.472. The molecule has 0 saturated carbocycles. The van der Waals surface area contributed by atoms with Gasteiger partial charge in [-0.25, -0.2) is 22.4 Å². The Balaban J connectivity index is 1.90. The van der Waals surface area contributed by atoms with E-state index in [9.17, 15) is 27.2 Å². The van der Waals surface area contributed by atoms with Crippen LogP contribution in [0.25, 0.3) is 0 Å². The van der Waals surface area contributed by atoms with E-state index >= 15 is 0 Å². The normalized spacial score (nSPS) is 14.6. The first kappa shape index (κ1) is 23.2. The van der Waals surface area contributed by atoms with E-state index in [2.05, 4.69) is 10.4 Å². The Morgan fingerprint density at radius 3 is 2.58 bits per heavy atom. The Morgan fingerprint density at radius 1 is 1.23 bits per heavy atom. The van der Waals surface area contributed by atoms with E-state index in [-0.39, 0.29) is 17.2 Å². The first-order valence-electron chi connectivity index (χ1n) is 10.0. The lowest BCUT2D eigenvalue weighted by atomic mass is 9.95. The third kappa shape index (κ3) is 4.91. The summed E-state index contributed by atoms with van der Waals surface area (Å²) in [5.74, 6) is -1.29. The number of carbonyl (C=O) groups excluding carboxylic acids is 2. The fraction of sp³-hybridized carbons (Fsp3) is 0.550. The molecule has 31 heavy (non-hydrogen) atoms. The zero-order valence-corrected chi connectivity index (χ0v) is 17.9. The molecule has 2 aromatic rings. The van der Waals surface area contributed by atoms with Gasteiger partial charge >= 0.3 is 5.97 Å². The van der Waals surface area contributed by atoms with Crippen LogP contribution >= 0.6 is 11.3 Å². The second-order valence-corrected chi connectivity index (χ2v) is 8.36. The summed E-state index contributed by atoms with van der Waals surface area (Å²) in [7, 11) is 0. The first-order chi connectivity index (χ1) is 14.7. The zero-order valence-electron chi connectivity index (χ0n) is 17.1. The van der Waals surface area contributed by atoms with Crippen molar-refractivity contribution < 1.29 is 31.9 Å². The lowest BCUT2D eigenvalue weighted by Crippen LogP contribution is -2.26. The van der Waals surface area contributed by atoms with Crippen LogP contribution in [-0.2, 0) is 22.4 Å². The SMILES string of the molecule is CCCOC(=O)c1c(NC(=O)C(C)n2nc(C(F)F)cc2C(F)F)sc2c1CCCC2. The third-order valence-corrected chi connectivity index (χ3v) is 6.23. The lowest BCUT2D eigenvalue weighted by molar-refractivity contribution is -0.119. The van der Waals surface area contributed by atoms with Gasteiger partial charge < -0.3 is 10.1 Å². The molecule has 2 heterocycles. The van der Waals surface area contributed by atoms with Gasteiger partial charge in [-0.15, -0.1) is 11.3 Å². The molecule has 0 fully saturated rings. The molecular formula is C20H23F4N3O3S. The highest BCUT2D eigenvalue weighted by molar-refractivity contribution is 7.17. The van der Waals surface area contributed by atoms with Crippen LogP contribution in [0.3, 0.4) is 0 Å². The number of fused-ring (bicyclic) bond motifs is 1. The highest BCUT2D eigenvalue weighted by atomic mass is 32.1. The number of rotatable bonds is 8. The van der Waals surface area contributed by atoms with E-state index in [4.69, 9.17) is 4.74 Å². The van der Waals surface area contributed by atoms with Crippen LogP contribution in [0.4, 0.5) is 22.6 Å². The van der Waals surface area contributed by atoms with Gasteiger partial charge in [-0.1, -0.05) is 6.92 Å². The van der Waals surface area contributed by atoms with Crippen LogP contribution in [0.1, 0.15) is 84.2 Å². The van der Waals surface area contributed by atoms with Crippen molar-refractivity contribution >= 4 is 28.2 Å². The minimum absolute atomic E-state index is 0.231. The first-order valence-corrected chi connectivity index (χ1v) is 10.8. The van der Waals surface area contributed by atoms with E-state index < -0.39 is 42.2 Å². The molecule has 1 aliphatic carbocycles. The summed E-state index contributed by atoms with van der Waals surface area (Å²) in [5, 5.41) is 6.39. The summed E-state index contributed by atoms with van der Waals surface area (Å²) in [6.45, 7) is 3.37. The second kappa shape index (κ2) is 9.80. The molecular weight excluding hydrogens is 438 g/mol. The monoisotopic (exact) mass is 461 g/mol. The quantitative estimate of drug-likeness (QED) is 0.418.